The normalized spacial score (nSPS) is 11.7. The second-order valence-electron chi connectivity index (χ2n) is 6.99. The third-order valence-corrected chi connectivity index (χ3v) is 4.63. The number of hydrogen-bond acceptors (Lipinski definition) is 4. The number of amides is 2. The van der Waals surface area contributed by atoms with Gasteiger partial charge in [0.15, 0.2) is 6.61 Å². The molecule has 0 saturated heterocycles. The number of aromatic nitrogens is 1. The number of benzene rings is 2. The maximum Gasteiger partial charge on any atom is 0.329 e. The molecule has 0 spiro atoms. The molecule has 3 rings (SSSR count). The zero-order chi connectivity index (χ0) is 21.7. The molecular formula is C22H22FN3O4. The van der Waals surface area contributed by atoms with Crippen molar-refractivity contribution < 1.29 is 23.5 Å². The molecule has 1 atom stereocenters. The summed E-state index contributed by atoms with van der Waals surface area (Å²) < 4.78 is 18.3. The standard InChI is InChI=1S/C22H22FN3O4/c1-26(2)20(27)13-30-22(29)19(25-21(28)14-7-9-16(23)10-8-14)11-15-12-24-18-6-4-3-5-17(15)18/h3-10,12,19,24H,11,13H2,1-2H3,(H,25,28)/t19-/m0/s1. The molecule has 3 aromatic rings. The van der Waals surface area contributed by atoms with E-state index in [1.165, 1.54) is 17.0 Å². The summed E-state index contributed by atoms with van der Waals surface area (Å²) in [4.78, 5) is 41.4. The summed E-state index contributed by atoms with van der Waals surface area (Å²) in [6.45, 7) is -0.428. The van der Waals surface area contributed by atoms with Crippen LogP contribution < -0.4 is 5.32 Å². The molecule has 2 aromatic carbocycles. The summed E-state index contributed by atoms with van der Waals surface area (Å²) in [5, 5.41) is 3.55. The number of nitrogens with one attached hydrogen (secondary N) is 2. The number of H-pyrrole nitrogens is 1. The van der Waals surface area contributed by atoms with Crippen molar-refractivity contribution in [3.8, 4) is 0 Å². The zero-order valence-corrected chi connectivity index (χ0v) is 16.6. The van der Waals surface area contributed by atoms with Crippen molar-refractivity contribution in [2.45, 2.75) is 12.5 Å². The lowest BCUT2D eigenvalue weighted by Crippen LogP contribution is -2.44. The first-order chi connectivity index (χ1) is 14.3. The number of halogens is 1. The molecule has 7 nitrogen and oxygen atoms in total. The van der Waals surface area contributed by atoms with E-state index in [0.29, 0.717) is 0 Å². The number of carbonyl (C=O) groups is 3. The molecule has 0 unspecified atom stereocenters. The van der Waals surface area contributed by atoms with E-state index in [1.807, 2.05) is 24.3 Å². The number of carbonyl (C=O) groups excluding carboxylic acids is 3. The average Bonchev–Trinajstić information content (AvgIpc) is 3.14. The quantitative estimate of drug-likeness (QED) is 0.584. The molecule has 30 heavy (non-hydrogen) atoms. The predicted octanol–water partition coefficient (Wildman–Crippen LogP) is 2.28. The van der Waals surface area contributed by atoms with Gasteiger partial charge in [0, 0.05) is 43.2 Å². The van der Waals surface area contributed by atoms with E-state index >= 15 is 0 Å². The second kappa shape index (κ2) is 9.21. The van der Waals surface area contributed by atoms with Crippen molar-refractivity contribution in [3.63, 3.8) is 0 Å². The van der Waals surface area contributed by atoms with Crippen LogP contribution in [0.2, 0.25) is 0 Å². The zero-order valence-electron chi connectivity index (χ0n) is 16.6. The molecule has 0 aliphatic carbocycles. The van der Waals surface area contributed by atoms with E-state index in [9.17, 15) is 18.8 Å². The summed E-state index contributed by atoms with van der Waals surface area (Å²) in [5.41, 5.74) is 1.91. The minimum Gasteiger partial charge on any atom is -0.454 e. The van der Waals surface area contributed by atoms with Gasteiger partial charge in [-0.2, -0.15) is 0 Å². The molecule has 1 aromatic heterocycles. The van der Waals surface area contributed by atoms with Crippen molar-refractivity contribution in [1.29, 1.82) is 0 Å². The van der Waals surface area contributed by atoms with Gasteiger partial charge in [-0.3, -0.25) is 9.59 Å². The number of likely N-dealkylation sites (N-methyl/N-ethyl adjacent to an activating group) is 1. The smallest absolute Gasteiger partial charge is 0.329 e. The van der Waals surface area contributed by atoms with Crippen LogP contribution in [0.25, 0.3) is 10.9 Å². The Kier molecular flexibility index (Phi) is 6.46. The van der Waals surface area contributed by atoms with Crippen molar-refractivity contribution >= 4 is 28.7 Å². The highest BCUT2D eigenvalue weighted by Crippen LogP contribution is 2.19. The van der Waals surface area contributed by atoms with Gasteiger partial charge in [-0.1, -0.05) is 18.2 Å². The van der Waals surface area contributed by atoms with Crippen LogP contribution in [-0.4, -0.2) is 54.4 Å². The Morgan fingerprint density at radius 3 is 2.50 bits per heavy atom. The van der Waals surface area contributed by atoms with Crippen LogP contribution in [0.5, 0.6) is 0 Å². The Balaban J connectivity index is 1.80. The highest BCUT2D eigenvalue weighted by atomic mass is 19.1. The molecule has 0 radical (unpaired) electrons. The Morgan fingerprint density at radius 2 is 1.80 bits per heavy atom. The van der Waals surface area contributed by atoms with Gasteiger partial charge in [-0.25, -0.2) is 9.18 Å². The number of para-hydroxylation sites is 1. The summed E-state index contributed by atoms with van der Waals surface area (Å²) in [6.07, 6.45) is 1.92. The van der Waals surface area contributed by atoms with Gasteiger partial charge < -0.3 is 19.9 Å². The van der Waals surface area contributed by atoms with E-state index in [2.05, 4.69) is 10.3 Å². The summed E-state index contributed by atoms with van der Waals surface area (Å²) in [7, 11) is 3.10. The van der Waals surface area contributed by atoms with E-state index in [4.69, 9.17) is 4.74 Å². The summed E-state index contributed by atoms with van der Waals surface area (Å²) in [6, 6.07) is 11.5. The van der Waals surface area contributed by atoms with Gasteiger partial charge in [-0.15, -0.1) is 0 Å². The SMILES string of the molecule is CN(C)C(=O)COC(=O)[C@H](Cc1c[nH]c2ccccc12)NC(=O)c1ccc(F)cc1. The number of esters is 1. The molecule has 0 aliphatic rings. The van der Waals surface area contributed by atoms with E-state index in [1.54, 1.807) is 20.3 Å². The maximum atomic E-state index is 13.1. The fourth-order valence-electron chi connectivity index (χ4n) is 2.92. The minimum absolute atomic E-state index is 0.159. The Hall–Kier alpha value is -3.68. The van der Waals surface area contributed by atoms with E-state index in [0.717, 1.165) is 28.6 Å². The minimum atomic E-state index is -1.03. The molecule has 1 heterocycles. The van der Waals surface area contributed by atoms with Crippen molar-refractivity contribution in [1.82, 2.24) is 15.2 Å². The van der Waals surface area contributed by atoms with Gasteiger partial charge in [0.1, 0.15) is 11.9 Å². The Morgan fingerprint density at radius 1 is 1.10 bits per heavy atom. The highest BCUT2D eigenvalue weighted by molar-refractivity contribution is 5.97. The maximum absolute atomic E-state index is 13.1. The first kappa shape index (κ1) is 21.0. The van der Waals surface area contributed by atoms with Crippen LogP contribution in [0.1, 0.15) is 15.9 Å². The van der Waals surface area contributed by atoms with Crippen LogP contribution >= 0.6 is 0 Å². The molecule has 0 bridgehead atoms. The third-order valence-electron chi connectivity index (χ3n) is 4.63. The number of nitrogens with zero attached hydrogens (tertiary/aromatic N) is 1. The molecule has 156 valence electrons. The topological polar surface area (TPSA) is 91.5 Å². The third kappa shape index (κ3) is 5.02. The largest absolute Gasteiger partial charge is 0.454 e. The van der Waals surface area contributed by atoms with Crippen LogP contribution in [-0.2, 0) is 20.7 Å². The van der Waals surface area contributed by atoms with E-state index < -0.39 is 30.3 Å². The van der Waals surface area contributed by atoms with Crippen molar-refractivity contribution in [3.05, 3.63) is 71.7 Å². The fraction of sp³-hybridized carbons (Fsp3) is 0.227. The van der Waals surface area contributed by atoms with Gasteiger partial charge in [0.25, 0.3) is 11.8 Å². The van der Waals surface area contributed by atoms with Gasteiger partial charge in [0.05, 0.1) is 0 Å². The molecule has 0 fully saturated rings. The van der Waals surface area contributed by atoms with E-state index in [-0.39, 0.29) is 17.9 Å². The number of fused-ring (bicyclic) bond motifs is 1. The molecule has 0 saturated carbocycles. The van der Waals surface area contributed by atoms with Gasteiger partial charge >= 0.3 is 5.97 Å². The Bertz CT molecular complexity index is 1060. The number of ether oxygens (including phenoxy) is 1. The Labute approximate surface area is 172 Å². The lowest BCUT2D eigenvalue weighted by Gasteiger charge is -2.18. The first-order valence-electron chi connectivity index (χ1n) is 9.33. The van der Waals surface area contributed by atoms with Crippen LogP contribution in [0.4, 0.5) is 4.39 Å². The lowest BCUT2D eigenvalue weighted by atomic mass is 10.0. The average molecular weight is 411 g/mol. The van der Waals surface area contributed by atoms with Gasteiger partial charge in [-0.05, 0) is 35.9 Å². The predicted molar refractivity (Wildman–Crippen MR) is 109 cm³/mol. The van der Waals surface area contributed by atoms with Gasteiger partial charge in [0.2, 0.25) is 0 Å². The summed E-state index contributed by atoms with van der Waals surface area (Å²) >= 11 is 0. The molecule has 0 aliphatic heterocycles. The number of hydrogen-bond donors (Lipinski definition) is 2. The van der Waals surface area contributed by atoms with Crippen LogP contribution in [0.15, 0.2) is 54.7 Å². The van der Waals surface area contributed by atoms with Crippen LogP contribution in [0.3, 0.4) is 0 Å². The van der Waals surface area contributed by atoms with Crippen LogP contribution in [0, 0.1) is 5.82 Å². The fourth-order valence-corrected chi connectivity index (χ4v) is 2.92. The first-order valence-corrected chi connectivity index (χ1v) is 9.33. The molecule has 8 heteroatoms. The van der Waals surface area contributed by atoms with Crippen molar-refractivity contribution in [2.24, 2.45) is 0 Å². The number of aromatic amines is 1. The molecular weight excluding hydrogens is 389 g/mol. The highest BCUT2D eigenvalue weighted by Gasteiger charge is 2.25. The van der Waals surface area contributed by atoms with Crippen molar-refractivity contribution in [2.75, 3.05) is 20.7 Å². The summed E-state index contributed by atoms with van der Waals surface area (Å²) in [5.74, 6) is -2.12. The second-order valence-corrected chi connectivity index (χ2v) is 6.99. The number of rotatable bonds is 7. The molecule has 2 N–H and O–H groups in total. The lowest BCUT2D eigenvalue weighted by molar-refractivity contribution is -0.152. The molecule has 2 amide bonds. The monoisotopic (exact) mass is 411 g/mol.